The molecule has 0 radical (unpaired) electrons. The van der Waals surface area contributed by atoms with Gasteiger partial charge < -0.3 is 4.74 Å². The van der Waals surface area contributed by atoms with Crippen molar-refractivity contribution in [3.63, 3.8) is 0 Å². The molecule has 0 unspecified atom stereocenters. The second-order valence-electron chi connectivity index (χ2n) is 15.3. The van der Waals surface area contributed by atoms with E-state index in [0.29, 0.717) is 12.2 Å². The van der Waals surface area contributed by atoms with Gasteiger partial charge in [0.05, 0.1) is 0 Å². The number of ether oxygens (including phenoxy) is 1. The highest BCUT2D eigenvalue weighted by atomic mass is 16.5. The fourth-order valence-electron chi connectivity index (χ4n) is 7.20. The number of hydrogen-bond donors (Lipinski definition) is 0. The van der Waals surface area contributed by atoms with Gasteiger partial charge in [0.2, 0.25) is 0 Å². The highest BCUT2D eigenvalue weighted by molar-refractivity contribution is 5.72. The molecule has 0 aliphatic rings. The summed E-state index contributed by atoms with van der Waals surface area (Å²) in [5, 5.41) is 0. The molecule has 0 saturated heterocycles. The Morgan fingerprint density at radius 2 is 0.583 bits per heavy atom. The molecule has 0 amide bonds. The molecule has 1 rings (SSSR count). The van der Waals surface area contributed by atoms with E-state index in [4.69, 9.17) is 4.74 Å². The van der Waals surface area contributed by atoms with Crippen LogP contribution in [0.5, 0.6) is 5.75 Å². The molecule has 2 nitrogen and oxygen atoms in total. The van der Waals surface area contributed by atoms with Crippen LogP contribution < -0.4 is 4.74 Å². The van der Waals surface area contributed by atoms with Gasteiger partial charge in [-0.2, -0.15) is 0 Å². The van der Waals surface area contributed by atoms with Crippen LogP contribution in [0.4, 0.5) is 0 Å². The van der Waals surface area contributed by atoms with Crippen LogP contribution in [0.3, 0.4) is 0 Å². The molecular formula is C46H84O2. The largest absolute Gasteiger partial charge is 0.427 e. The first-order valence-electron chi connectivity index (χ1n) is 22.1. The van der Waals surface area contributed by atoms with E-state index in [0.717, 1.165) is 12.8 Å². The van der Waals surface area contributed by atoms with E-state index in [9.17, 15) is 4.79 Å². The topological polar surface area (TPSA) is 26.3 Å². The number of rotatable bonds is 39. The van der Waals surface area contributed by atoms with Crippen LogP contribution in [0.2, 0.25) is 0 Å². The van der Waals surface area contributed by atoms with E-state index < -0.39 is 0 Å². The first-order valence-corrected chi connectivity index (χ1v) is 22.1. The van der Waals surface area contributed by atoms with Gasteiger partial charge in [-0.3, -0.25) is 4.79 Å². The van der Waals surface area contributed by atoms with Gasteiger partial charge in [0, 0.05) is 6.42 Å². The summed E-state index contributed by atoms with van der Waals surface area (Å²) in [4.78, 5) is 11.9. The van der Waals surface area contributed by atoms with Crippen LogP contribution in [0.15, 0.2) is 30.3 Å². The van der Waals surface area contributed by atoms with Crippen molar-refractivity contribution in [3.05, 3.63) is 30.3 Å². The average Bonchev–Trinajstić information content (AvgIpc) is 3.10. The average molecular weight is 669 g/mol. The first-order chi connectivity index (χ1) is 23.8. The van der Waals surface area contributed by atoms with Crippen LogP contribution in [0.25, 0.3) is 0 Å². The van der Waals surface area contributed by atoms with Crippen molar-refractivity contribution in [2.75, 3.05) is 0 Å². The van der Waals surface area contributed by atoms with Crippen molar-refractivity contribution in [3.8, 4) is 5.75 Å². The SMILES string of the molecule is CCCCCCCCCCCCCCCCCCCCCCCCCCCCCCCCCCCCCCCC(=O)Oc1ccccc1. The van der Waals surface area contributed by atoms with Gasteiger partial charge in [-0.05, 0) is 18.6 Å². The minimum absolute atomic E-state index is 0.0995. The lowest BCUT2D eigenvalue weighted by Crippen LogP contribution is -2.07. The summed E-state index contributed by atoms with van der Waals surface area (Å²) in [6, 6.07) is 9.40. The maximum Gasteiger partial charge on any atom is 0.311 e. The molecule has 0 N–H and O–H groups in total. The molecule has 0 fully saturated rings. The molecule has 0 saturated carbocycles. The maximum atomic E-state index is 11.9. The number of esters is 1. The third-order valence-corrected chi connectivity index (χ3v) is 10.5. The molecule has 1 aromatic carbocycles. The van der Waals surface area contributed by atoms with Gasteiger partial charge in [-0.25, -0.2) is 0 Å². The van der Waals surface area contributed by atoms with Gasteiger partial charge in [-0.1, -0.05) is 256 Å². The fraction of sp³-hybridized carbons (Fsp3) is 0.848. The minimum Gasteiger partial charge on any atom is -0.427 e. The molecule has 0 bridgehead atoms. The molecule has 2 heteroatoms. The van der Waals surface area contributed by atoms with Gasteiger partial charge in [0.25, 0.3) is 0 Å². The zero-order chi connectivity index (χ0) is 34.3. The van der Waals surface area contributed by atoms with E-state index in [1.165, 1.54) is 225 Å². The summed E-state index contributed by atoms with van der Waals surface area (Å²) in [5.41, 5.74) is 0. The lowest BCUT2D eigenvalue weighted by Gasteiger charge is -2.05. The Labute approximate surface area is 301 Å². The maximum absolute atomic E-state index is 11.9. The zero-order valence-corrected chi connectivity index (χ0v) is 32.6. The number of carbonyl (C=O) groups is 1. The monoisotopic (exact) mass is 669 g/mol. The molecule has 0 heterocycles. The number of unbranched alkanes of at least 4 members (excludes halogenated alkanes) is 36. The Morgan fingerprint density at radius 1 is 0.354 bits per heavy atom. The normalized spacial score (nSPS) is 11.4. The number of benzene rings is 1. The van der Waals surface area contributed by atoms with Crippen molar-refractivity contribution in [2.45, 2.75) is 251 Å². The first kappa shape index (κ1) is 44.7. The quantitative estimate of drug-likeness (QED) is 0.0396. The standard InChI is InChI=1S/C46H84O2/c1-2-3-4-5-6-7-8-9-10-11-12-13-14-15-16-17-18-19-20-21-22-23-24-25-26-27-28-29-30-31-32-33-34-35-36-37-41-44-46(47)48-45-42-39-38-40-43-45/h38-40,42-43H,2-37,41,44H2,1H3. The molecule has 0 aromatic heterocycles. The van der Waals surface area contributed by atoms with Crippen LogP contribution in [-0.2, 0) is 4.79 Å². The summed E-state index contributed by atoms with van der Waals surface area (Å²) in [5.74, 6) is 0.557. The summed E-state index contributed by atoms with van der Waals surface area (Å²) in [6.45, 7) is 2.31. The summed E-state index contributed by atoms with van der Waals surface area (Å²) >= 11 is 0. The third kappa shape index (κ3) is 34.5. The summed E-state index contributed by atoms with van der Waals surface area (Å²) in [7, 11) is 0. The van der Waals surface area contributed by atoms with E-state index in [1.807, 2.05) is 30.3 Å². The Bertz CT molecular complexity index is 744. The van der Waals surface area contributed by atoms with E-state index in [1.54, 1.807) is 0 Å². The number of carbonyl (C=O) groups excluding carboxylic acids is 1. The van der Waals surface area contributed by atoms with Crippen molar-refractivity contribution < 1.29 is 9.53 Å². The summed E-state index contributed by atoms with van der Waals surface area (Å²) in [6.07, 6.45) is 53.3. The Morgan fingerprint density at radius 3 is 0.833 bits per heavy atom. The highest BCUT2D eigenvalue weighted by Crippen LogP contribution is 2.18. The predicted molar refractivity (Wildman–Crippen MR) is 213 cm³/mol. The molecule has 48 heavy (non-hydrogen) atoms. The van der Waals surface area contributed by atoms with Crippen molar-refractivity contribution >= 4 is 5.97 Å². The third-order valence-electron chi connectivity index (χ3n) is 10.5. The van der Waals surface area contributed by atoms with Crippen LogP contribution in [-0.4, -0.2) is 5.97 Å². The molecule has 1 aromatic rings. The molecule has 0 aliphatic carbocycles. The smallest absolute Gasteiger partial charge is 0.311 e. The van der Waals surface area contributed by atoms with E-state index in [-0.39, 0.29) is 5.97 Å². The second-order valence-corrected chi connectivity index (χ2v) is 15.3. The van der Waals surface area contributed by atoms with Crippen LogP contribution >= 0.6 is 0 Å². The fourth-order valence-corrected chi connectivity index (χ4v) is 7.20. The highest BCUT2D eigenvalue weighted by Gasteiger charge is 2.04. The summed E-state index contributed by atoms with van der Waals surface area (Å²) < 4.78 is 5.35. The molecule has 0 atom stereocenters. The lowest BCUT2D eigenvalue weighted by molar-refractivity contribution is -0.134. The lowest BCUT2D eigenvalue weighted by atomic mass is 10.0. The van der Waals surface area contributed by atoms with Crippen molar-refractivity contribution in [2.24, 2.45) is 0 Å². The van der Waals surface area contributed by atoms with Gasteiger partial charge in [-0.15, -0.1) is 0 Å². The molecular weight excluding hydrogens is 585 g/mol. The molecule has 0 aliphatic heterocycles. The second kappa shape index (κ2) is 38.5. The van der Waals surface area contributed by atoms with E-state index >= 15 is 0 Å². The van der Waals surface area contributed by atoms with E-state index in [2.05, 4.69) is 6.92 Å². The van der Waals surface area contributed by atoms with Crippen molar-refractivity contribution in [1.29, 1.82) is 0 Å². The van der Waals surface area contributed by atoms with Gasteiger partial charge >= 0.3 is 5.97 Å². The van der Waals surface area contributed by atoms with Crippen LogP contribution in [0.1, 0.15) is 251 Å². The van der Waals surface area contributed by atoms with Crippen LogP contribution in [0, 0.1) is 0 Å². The van der Waals surface area contributed by atoms with Gasteiger partial charge in [0.1, 0.15) is 5.75 Å². The molecule has 280 valence electrons. The minimum atomic E-state index is -0.0995. The zero-order valence-electron chi connectivity index (χ0n) is 32.6. The Kier molecular flexibility index (Phi) is 35.9. The Balaban J connectivity index is 1.63. The van der Waals surface area contributed by atoms with Gasteiger partial charge in [0.15, 0.2) is 0 Å². The molecule has 0 spiro atoms. The Hall–Kier alpha value is -1.31. The predicted octanol–water partition coefficient (Wildman–Crippen LogP) is 16.4. The van der Waals surface area contributed by atoms with Crippen molar-refractivity contribution in [1.82, 2.24) is 0 Å². The number of hydrogen-bond acceptors (Lipinski definition) is 2. The number of para-hydroxylation sites is 1.